The molecular weight excluding hydrogens is 396 g/mol. The van der Waals surface area contributed by atoms with Crippen LogP contribution in [-0.4, -0.2) is 32.2 Å². The van der Waals surface area contributed by atoms with Crippen molar-refractivity contribution in [2.75, 3.05) is 20.2 Å². The van der Waals surface area contributed by atoms with Crippen LogP contribution in [-0.2, 0) is 0 Å². The van der Waals surface area contributed by atoms with E-state index in [2.05, 4.69) is 27.8 Å². The highest BCUT2D eigenvalue weighted by molar-refractivity contribution is 14.0. The van der Waals surface area contributed by atoms with Gasteiger partial charge in [-0.05, 0) is 43.5 Å². The maximum atomic E-state index is 12.7. The molecule has 2 N–H and O–H groups in total. The minimum absolute atomic E-state index is 0. The van der Waals surface area contributed by atoms with E-state index in [9.17, 15) is 4.39 Å². The fourth-order valence-electron chi connectivity index (χ4n) is 2.12. The Morgan fingerprint density at radius 2 is 1.95 bits per heavy atom. The Kier molecular flexibility index (Phi) is 8.88. The molecule has 0 aliphatic heterocycles. The molecule has 0 atom stereocenters. The number of aliphatic imine (C=N–C) groups is 1. The second kappa shape index (κ2) is 10.4. The summed E-state index contributed by atoms with van der Waals surface area (Å²) in [7, 11) is 1.77. The quantitative estimate of drug-likeness (QED) is 0.245. The van der Waals surface area contributed by atoms with Crippen LogP contribution in [0.1, 0.15) is 19.3 Å². The Morgan fingerprint density at radius 3 is 2.59 bits per heavy atom. The van der Waals surface area contributed by atoms with Crippen LogP contribution in [0.15, 0.2) is 41.4 Å². The molecule has 0 spiro atoms. The van der Waals surface area contributed by atoms with Crippen molar-refractivity contribution < 1.29 is 9.13 Å². The number of benzene rings is 1. The third-order valence-electron chi connectivity index (χ3n) is 3.27. The first-order valence-electron chi connectivity index (χ1n) is 7.28. The lowest BCUT2D eigenvalue weighted by atomic mass is 10.2. The monoisotopic (exact) mass is 419 g/mol. The van der Waals surface area contributed by atoms with Gasteiger partial charge in [-0.15, -0.1) is 24.0 Å². The fourth-order valence-corrected chi connectivity index (χ4v) is 2.12. The molecule has 122 valence electrons. The van der Waals surface area contributed by atoms with E-state index in [-0.39, 0.29) is 29.8 Å². The lowest BCUT2D eigenvalue weighted by Crippen LogP contribution is -2.42. The Balaban J connectivity index is 0.00000242. The van der Waals surface area contributed by atoms with Crippen molar-refractivity contribution in [1.29, 1.82) is 0 Å². The van der Waals surface area contributed by atoms with Crippen molar-refractivity contribution in [3.05, 3.63) is 42.2 Å². The molecule has 0 heterocycles. The molecule has 4 nitrogen and oxygen atoms in total. The summed E-state index contributed by atoms with van der Waals surface area (Å²) in [6, 6.07) is 6.52. The third kappa shape index (κ3) is 6.64. The highest BCUT2D eigenvalue weighted by Crippen LogP contribution is 2.11. The molecule has 0 radical (unpaired) electrons. The van der Waals surface area contributed by atoms with Gasteiger partial charge in [0, 0.05) is 19.6 Å². The first-order valence-corrected chi connectivity index (χ1v) is 7.28. The van der Waals surface area contributed by atoms with E-state index in [0.29, 0.717) is 18.4 Å². The lowest BCUT2D eigenvalue weighted by Gasteiger charge is -2.16. The van der Waals surface area contributed by atoms with E-state index in [1.165, 1.54) is 12.1 Å². The van der Waals surface area contributed by atoms with Crippen LogP contribution in [0, 0.1) is 5.82 Å². The summed E-state index contributed by atoms with van der Waals surface area (Å²) in [5, 5.41) is 6.64. The number of ether oxygens (including phenoxy) is 1. The summed E-state index contributed by atoms with van der Waals surface area (Å²) in [4.78, 5) is 4.20. The summed E-state index contributed by atoms with van der Waals surface area (Å²) in [5.41, 5.74) is 0. The van der Waals surface area contributed by atoms with Gasteiger partial charge in [0.15, 0.2) is 5.96 Å². The van der Waals surface area contributed by atoms with Crippen LogP contribution in [0.25, 0.3) is 0 Å². The number of hydrogen-bond donors (Lipinski definition) is 2. The molecule has 0 fully saturated rings. The van der Waals surface area contributed by atoms with Crippen LogP contribution >= 0.6 is 24.0 Å². The molecule has 1 aromatic carbocycles. The minimum atomic E-state index is -0.250. The maximum absolute atomic E-state index is 12.7. The van der Waals surface area contributed by atoms with Crippen LogP contribution < -0.4 is 15.4 Å². The van der Waals surface area contributed by atoms with Gasteiger partial charge in [0.05, 0.1) is 6.61 Å². The van der Waals surface area contributed by atoms with Crippen molar-refractivity contribution in [3.8, 4) is 5.75 Å². The van der Waals surface area contributed by atoms with Crippen molar-refractivity contribution >= 4 is 29.9 Å². The van der Waals surface area contributed by atoms with E-state index < -0.39 is 0 Å². The fraction of sp³-hybridized carbons (Fsp3) is 0.438. The summed E-state index contributed by atoms with van der Waals surface area (Å²) in [5.74, 6) is 1.27. The van der Waals surface area contributed by atoms with E-state index in [1.54, 1.807) is 19.2 Å². The van der Waals surface area contributed by atoms with Crippen molar-refractivity contribution in [1.82, 2.24) is 10.6 Å². The third-order valence-corrected chi connectivity index (χ3v) is 3.27. The summed E-state index contributed by atoms with van der Waals surface area (Å²) >= 11 is 0. The highest BCUT2D eigenvalue weighted by atomic mass is 127. The molecule has 0 saturated heterocycles. The van der Waals surface area contributed by atoms with Gasteiger partial charge in [-0.3, -0.25) is 4.99 Å². The molecule has 0 saturated carbocycles. The van der Waals surface area contributed by atoms with Crippen molar-refractivity contribution in [2.45, 2.75) is 25.3 Å². The average Bonchev–Trinajstić information content (AvgIpc) is 3.00. The Morgan fingerprint density at radius 1 is 1.27 bits per heavy atom. The number of hydrogen-bond acceptors (Lipinski definition) is 2. The van der Waals surface area contributed by atoms with Gasteiger partial charge in [-0.25, -0.2) is 4.39 Å². The van der Waals surface area contributed by atoms with Crippen LogP contribution in [0.3, 0.4) is 0 Å². The van der Waals surface area contributed by atoms with Gasteiger partial charge in [-0.1, -0.05) is 12.2 Å². The molecule has 1 aromatic rings. The Labute approximate surface area is 148 Å². The van der Waals surface area contributed by atoms with Crippen molar-refractivity contribution in [2.24, 2.45) is 4.99 Å². The number of nitrogens with one attached hydrogen (secondary N) is 2. The molecule has 0 amide bonds. The predicted octanol–water partition coefficient (Wildman–Crippen LogP) is 3.10. The van der Waals surface area contributed by atoms with Gasteiger partial charge >= 0.3 is 0 Å². The molecule has 1 aliphatic carbocycles. The van der Waals surface area contributed by atoms with Gasteiger partial charge in [-0.2, -0.15) is 0 Å². The standard InChI is InChI=1S/C16H22FN3O.HI/c1-18-16(20-14-5-2-3-6-14)19-11-4-12-21-15-9-7-13(17)8-10-15;/h2-3,7-10,14H,4-6,11-12H2,1H3,(H2,18,19,20);1H. The number of guanidine groups is 1. The summed E-state index contributed by atoms with van der Waals surface area (Å²) < 4.78 is 18.3. The maximum Gasteiger partial charge on any atom is 0.191 e. The molecule has 2 rings (SSSR count). The zero-order valence-electron chi connectivity index (χ0n) is 12.7. The minimum Gasteiger partial charge on any atom is -0.494 e. The van der Waals surface area contributed by atoms with E-state index in [1.807, 2.05) is 0 Å². The largest absolute Gasteiger partial charge is 0.494 e. The molecule has 22 heavy (non-hydrogen) atoms. The molecule has 6 heteroatoms. The molecule has 0 bridgehead atoms. The first kappa shape index (κ1) is 18.7. The molecule has 1 aliphatic rings. The van der Waals surface area contributed by atoms with Gasteiger partial charge in [0.25, 0.3) is 0 Å². The Bertz CT molecular complexity index is 483. The molecular formula is C16H23FIN3O. The molecule has 0 unspecified atom stereocenters. The van der Waals surface area contributed by atoms with Gasteiger partial charge in [0.2, 0.25) is 0 Å². The highest BCUT2D eigenvalue weighted by Gasteiger charge is 2.10. The SMILES string of the molecule is CN=C(NCCCOc1ccc(F)cc1)NC1CC=CC1.I. The van der Waals surface area contributed by atoms with E-state index in [0.717, 1.165) is 31.8 Å². The zero-order valence-corrected chi connectivity index (χ0v) is 15.0. The van der Waals surface area contributed by atoms with Crippen LogP contribution in [0.5, 0.6) is 5.75 Å². The van der Waals surface area contributed by atoms with E-state index >= 15 is 0 Å². The Hall–Kier alpha value is -1.31. The summed E-state index contributed by atoms with van der Waals surface area (Å²) in [6.07, 6.45) is 7.31. The topological polar surface area (TPSA) is 45.7 Å². The van der Waals surface area contributed by atoms with E-state index in [4.69, 9.17) is 4.74 Å². The van der Waals surface area contributed by atoms with Gasteiger partial charge in [0.1, 0.15) is 11.6 Å². The lowest BCUT2D eigenvalue weighted by molar-refractivity contribution is 0.310. The number of rotatable bonds is 6. The smallest absolute Gasteiger partial charge is 0.191 e. The van der Waals surface area contributed by atoms with Crippen molar-refractivity contribution in [3.63, 3.8) is 0 Å². The second-order valence-electron chi connectivity index (χ2n) is 4.94. The predicted molar refractivity (Wildman–Crippen MR) is 98.6 cm³/mol. The number of nitrogens with zero attached hydrogens (tertiary/aromatic N) is 1. The average molecular weight is 419 g/mol. The zero-order chi connectivity index (χ0) is 14.9. The number of halogens is 2. The van der Waals surface area contributed by atoms with Gasteiger partial charge < -0.3 is 15.4 Å². The summed E-state index contributed by atoms with van der Waals surface area (Å²) in [6.45, 7) is 1.36. The first-order chi connectivity index (χ1) is 10.3. The van der Waals surface area contributed by atoms with Crippen LogP contribution in [0.4, 0.5) is 4.39 Å². The normalized spacial score (nSPS) is 14.5. The second-order valence-corrected chi connectivity index (χ2v) is 4.94. The van der Waals surface area contributed by atoms with Crippen LogP contribution in [0.2, 0.25) is 0 Å². The molecule has 0 aromatic heterocycles.